The molecule has 0 aliphatic carbocycles. The second-order valence-corrected chi connectivity index (χ2v) is 6.52. The molecule has 3 atom stereocenters. The van der Waals surface area contributed by atoms with E-state index in [1.54, 1.807) is 6.92 Å². The SMILES string of the molecule is CCOC(=O)Nc1ccn(C2OC(COP(=O)(O)O)C(O)C2(F)F)c(=O)n1. The van der Waals surface area contributed by atoms with E-state index in [-0.39, 0.29) is 12.4 Å². The van der Waals surface area contributed by atoms with Gasteiger partial charge in [-0.3, -0.25) is 14.4 Å². The summed E-state index contributed by atoms with van der Waals surface area (Å²) >= 11 is 0. The van der Waals surface area contributed by atoms with Gasteiger partial charge in [0.2, 0.25) is 6.23 Å². The first-order valence-electron chi connectivity index (χ1n) is 7.40. The van der Waals surface area contributed by atoms with Crippen molar-refractivity contribution >= 4 is 19.7 Å². The van der Waals surface area contributed by atoms with Crippen LogP contribution in [-0.2, 0) is 18.6 Å². The van der Waals surface area contributed by atoms with E-state index >= 15 is 0 Å². The molecule has 0 bridgehead atoms. The molecule has 1 amide bonds. The molecule has 1 aliphatic rings. The lowest BCUT2D eigenvalue weighted by Crippen LogP contribution is -2.42. The van der Waals surface area contributed by atoms with E-state index in [9.17, 15) is 28.0 Å². The lowest BCUT2D eigenvalue weighted by atomic mass is 10.1. The second-order valence-electron chi connectivity index (χ2n) is 5.28. The number of carbonyl (C=O) groups is 1. The summed E-state index contributed by atoms with van der Waals surface area (Å²) in [6, 6.07) is 1.02. The number of carbonyl (C=O) groups excluding carboxylic acids is 1. The molecule has 2 heterocycles. The Morgan fingerprint density at radius 2 is 2.19 bits per heavy atom. The molecule has 0 aromatic carbocycles. The number of alkyl halides is 2. The Bertz CT molecular complexity index is 799. The lowest BCUT2D eigenvalue weighted by Gasteiger charge is -2.21. The highest BCUT2D eigenvalue weighted by Gasteiger charge is 2.60. The summed E-state index contributed by atoms with van der Waals surface area (Å²) in [5.74, 6) is -4.26. The van der Waals surface area contributed by atoms with Gasteiger partial charge in [0, 0.05) is 6.20 Å². The van der Waals surface area contributed by atoms with Gasteiger partial charge in [0.1, 0.15) is 11.9 Å². The number of hydrogen-bond donors (Lipinski definition) is 4. The number of amides is 1. The molecule has 12 nitrogen and oxygen atoms in total. The third-order valence-electron chi connectivity index (χ3n) is 3.37. The second kappa shape index (κ2) is 7.96. The van der Waals surface area contributed by atoms with Gasteiger partial charge < -0.3 is 24.4 Å². The predicted molar refractivity (Wildman–Crippen MR) is 82.0 cm³/mol. The summed E-state index contributed by atoms with van der Waals surface area (Å²) in [4.78, 5) is 43.9. The molecule has 0 saturated carbocycles. The Hall–Kier alpha value is -1.96. The number of halogens is 2. The molecule has 152 valence electrons. The zero-order valence-electron chi connectivity index (χ0n) is 13.7. The summed E-state index contributed by atoms with van der Waals surface area (Å²) in [6.45, 7) is 0.561. The minimum Gasteiger partial charge on any atom is -0.450 e. The summed E-state index contributed by atoms with van der Waals surface area (Å²) < 4.78 is 53.0. The summed E-state index contributed by atoms with van der Waals surface area (Å²) in [5.41, 5.74) is -1.24. The normalized spacial score (nSPS) is 24.6. The standard InChI is InChI=1S/C12H16F2N3O9P/c1-2-24-11(20)16-7-3-4-17(10(19)15-7)9-12(13,14)8(18)6(26-9)5-25-27(21,22)23/h3-4,6,8-9,18H,2,5H2,1H3,(H2,21,22,23)(H,15,16,19,20). The quantitative estimate of drug-likeness (QED) is 0.457. The maximum atomic E-state index is 14.2. The minimum atomic E-state index is -4.98. The van der Waals surface area contributed by atoms with Gasteiger partial charge >= 0.3 is 25.5 Å². The van der Waals surface area contributed by atoms with Crippen molar-refractivity contribution in [1.82, 2.24) is 9.55 Å². The number of nitrogens with zero attached hydrogens (tertiary/aromatic N) is 2. The van der Waals surface area contributed by atoms with Crippen LogP contribution in [0, 0.1) is 0 Å². The van der Waals surface area contributed by atoms with E-state index in [4.69, 9.17) is 14.5 Å². The minimum absolute atomic E-state index is 0.0565. The highest BCUT2D eigenvalue weighted by atomic mass is 31.2. The highest BCUT2D eigenvalue weighted by molar-refractivity contribution is 7.46. The van der Waals surface area contributed by atoms with Crippen LogP contribution in [0.25, 0.3) is 0 Å². The number of aliphatic hydroxyl groups is 1. The van der Waals surface area contributed by atoms with E-state index in [1.807, 2.05) is 0 Å². The van der Waals surface area contributed by atoms with Crippen molar-refractivity contribution in [3.8, 4) is 0 Å². The average molecular weight is 415 g/mol. The van der Waals surface area contributed by atoms with Crippen molar-refractivity contribution in [3.05, 3.63) is 22.7 Å². The van der Waals surface area contributed by atoms with Gasteiger partial charge in [0.05, 0.1) is 13.2 Å². The van der Waals surface area contributed by atoms with Crippen LogP contribution in [0.5, 0.6) is 0 Å². The molecule has 2 rings (SSSR count). The molecular weight excluding hydrogens is 399 g/mol. The fourth-order valence-electron chi connectivity index (χ4n) is 2.21. The fourth-order valence-corrected chi connectivity index (χ4v) is 2.55. The lowest BCUT2D eigenvalue weighted by molar-refractivity contribution is -0.140. The highest BCUT2D eigenvalue weighted by Crippen LogP contribution is 2.44. The van der Waals surface area contributed by atoms with Gasteiger partial charge in [-0.2, -0.15) is 13.8 Å². The predicted octanol–water partition coefficient (Wildman–Crippen LogP) is -0.185. The zero-order chi connectivity index (χ0) is 20.4. The Labute approximate surface area is 149 Å². The Morgan fingerprint density at radius 3 is 2.74 bits per heavy atom. The number of hydrogen-bond acceptors (Lipinski definition) is 8. The molecule has 1 aliphatic heterocycles. The van der Waals surface area contributed by atoms with E-state index in [0.29, 0.717) is 4.57 Å². The smallest absolute Gasteiger partial charge is 0.450 e. The number of phosphoric acid groups is 1. The van der Waals surface area contributed by atoms with E-state index in [0.717, 1.165) is 12.3 Å². The van der Waals surface area contributed by atoms with Crippen molar-refractivity contribution in [1.29, 1.82) is 0 Å². The summed E-state index contributed by atoms with van der Waals surface area (Å²) in [7, 11) is -4.98. The molecule has 15 heteroatoms. The van der Waals surface area contributed by atoms with E-state index in [2.05, 4.69) is 19.6 Å². The van der Waals surface area contributed by atoms with Crippen molar-refractivity contribution in [2.24, 2.45) is 0 Å². The number of nitrogens with one attached hydrogen (secondary N) is 1. The first kappa shape index (κ1) is 21.3. The molecule has 1 saturated heterocycles. The number of ether oxygens (including phenoxy) is 2. The van der Waals surface area contributed by atoms with Crippen molar-refractivity contribution in [3.63, 3.8) is 0 Å². The molecule has 1 aromatic rings. The molecule has 1 fully saturated rings. The van der Waals surface area contributed by atoms with Crippen LogP contribution in [0.1, 0.15) is 13.2 Å². The van der Waals surface area contributed by atoms with Gasteiger partial charge in [0.15, 0.2) is 6.10 Å². The van der Waals surface area contributed by atoms with Gasteiger partial charge in [-0.15, -0.1) is 0 Å². The van der Waals surface area contributed by atoms with Crippen molar-refractivity contribution < 1.29 is 47.0 Å². The van der Waals surface area contributed by atoms with Crippen LogP contribution >= 0.6 is 7.82 Å². The zero-order valence-corrected chi connectivity index (χ0v) is 14.6. The molecule has 27 heavy (non-hydrogen) atoms. The maximum Gasteiger partial charge on any atom is 0.469 e. The van der Waals surface area contributed by atoms with Crippen LogP contribution in [0.4, 0.5) is 19.4 Å². The maximum absolute atomic E-state index is 14.2. The van der Waals surface area contributed by atoms with Crippen LogP contribution in [0.3, 0.4) is 0 Å². The van der Waals surface area contributed by atoms with Gasteiger partial charge in [-0.05, 0) is 13.0 Å². The Balaban J connectivity index is 2.20. The number of aliphatic hydroxyl groups excluding tert-OH is 1. The van der Waals surface area contributed by atoms with Crippen LogP contribution in [-0.4, -0.2) is 61.9 Å². The molecule has 3 unspecified atom stereocenters. The van der Waals surface area contributed by atoms with Gasteiger partial charge in [-0.1, -0.05) is 0 Å². The van der Waals surface area contributed by atoms with E-state index < -0.39 is 50.6 Å². The van der Waals surface area contributed by atoms with Crippen LogP contribution in [0.2, 0.25) is 0 Å². The fraction of sp³-hybridized carbons (Fsp3) is 0.583. The molecule has 0 radical (unpaired) electrons. The third-order valence-corrected chi connectivity index (χ3v) is 3.86. The Morgan fingerprint density at radius 1 is 1.52 bits per heavy atom. The van der Waals surface area contributed by atoms with Gasteiger partial charge in [0.25, 0.3) is 0 Å². The monoisotopic (exact) mass is 415 g/mol. The summed E-state index contributed by atoms with van der Waals surface area (Å²) in [6.07, 6.45) is -6.70. The Kier molecular flexibility index (Phi) is 6.29. The molecule has 0 spiro atoms. The number of phosphoric ester groups is 1. The number of rotatable bonds is 6. The van der Waals surface area contributed by atoms with E-state index in [1.165, 1.54) is 0 Å². The largest absolute Gasteiger partial charge is 0.469 e. The molecule has 4 N–H and O–H groups in total. The molecule has 1 aromatic heterocycles. The third kappa shape index (κ3) is 5.06. The number of anilines is 1. The summed E-state index contributed by atoms with van der Waals surface area (Å²) in [5, 5.41) is 11.8. The van der Waals surface area contributed by atoms with Gasteiger partial charge in [-0.25, -0.2) is 14.2 Å². The number of aromatic nitrogens is 2. The van der Waals surface area contributed by atoms with Crippen molar-refractivity contribution in [2.75, 3.05) is 18.5 Å². The first-order chi connectivity index (χ1) is 12.5. The average Bonchev–Trinajstić information content (AvgIpc) is 2.76. The topological polar surface area (TPSA) is 169 Å². The first-order valence-corrected chi connectivity index (χ1v) is 8.93. The van der Waals surface area contributed by atoms with Crippen molar-refractivity contribution in [2.45, 2.75) is 31.3 Å². The molecular formula is C12H16F2N3O9P. The van der Waals surface area contributed by atoms with Crippen LogP contribution < -0.4 is 11.0 Å². The van der Waals surface area contributed by atoms with Crippen LogP contribution in [0.15, 0.2) is 17.1 Å².